The van der Waals surface area contributed by atoms with E-state index in [-0.39, 0.29) is 0 Å². The van der Waals surface area contributed by atoms with Gasteiger partial charge in [-0.15, -0.1) is 0 Å². The van der Waals surface area contributed by atoms with Gasteiger partial charge in [-0.05, 0) is 37.1 Å². The van der Waals surface area contributed by atoms with Gasteiger partial charge in [0, 0.05) is 22.9 Å². The van der Waals surface area contributed by atoms with Crippen LogP contribution in [-0.4, -0.2) is 6.61 Å². The monoisotopic (exact) mass is 385 g/mol. The van der Waals surface area contributed by atoms with Crippen LogP contribution < -0.4 is 9.30 Å². The van der Waals surface area contributed by atoms with Gasteiger partial charge >= 0.3 is 0 Å². The van der Waals surface area contributed by atoms with E-state index in [1.807, 2.05) is 37.5 Å². The van der Waals surface area contributed by atoms with E-state index in [1.54, 1.807) is 0 Å². The van der Waals surface area contributed by atoms with E-state index in [0.717, 1.165) is 52.4 Å². The van der Waals surface area contributed by atoms with Crippen molar-refractivity contribution in [2.45, 2.75) is 33.1 Å². The summed E-state index contributed by atoms with van der Waals surface area (Å²) >= 11 is 0. The molecular formula is C25H25N2O2+. The largest absolute Gasteiger partial charge is 0.488 e. The Kier molecular flexibility index (Phi) is 5.22. The molecule has 4 aromatic rings. The molecule has 2 aromatic heterocycles. The van der Waals surface area contributed by atoms with Crippen molar-refractivity contribution >= 4 is 21.9 Å². The number of benzene rings is 2. The standard InChI is InChI=1S/C25H25N2O2/c1-4-5-8-15-28-23-18(16-26)11-13-20-19-12-10-17(2)22(24(19)29-25(20)23)21-9-6-7-14-27(21)3/h6-7,9-14H,4-5,8,15H2,1-3H3/q+1. The second-order valence-corrected chi connectivity index (χ2v) is 7.42. The highest BCUT2D eigenvalue weighted by atomic mass is 16.5. The second-order valence-electron chi connectivity index (χ2n) is 7.42. The van der Waals surface area contributed by atoms with Gasteiger partial charge in [-0.1, -0.05) is 31.9 Å². The van der Waals surface area contributed by atoms with E-state index in [1.165, 1.54) is 0 Å². The molecule has 0 amide bonds. The number of hydrogen-bond donors (Lipinski definition) is 0. The maximum absolute atomic E-state index is 9.59. The second kappa shape index (κ2) is 7.97. The molecule has 0 unspecified atom stereocenters. The fourth-order valence-corrected chi connectivity index (χ4v) is 3.84. The van der Waals surface area contributed by atoms with Crippen LogP contribution in [0.15, 0.2) is 53.1 Å². The van der Waals surface area contributed by atoms with Gasteiger partial charge in [0.05, 0.1) is 17.7 Å². The lowest BCUT2D eigenvalue weighted by Gasteiger charge is -2.07. The van der Waals surface area contributed by atoms with Gasteiger partial charge in [-0.25, -0.2) is 4.57 Å². The summed E-state index contributed by atoms with van der Waals surface area (Å²) in [6.45, 7) is 4.84. The molecule has 2 aromatic carbocycles. The van der Waals surface area contributed by atoms with Crippen LogP contribution in [-0.2, 0) is 7.05 Å². The predicted molar refractivity (Wildman–Crippen MR) is 115 cm³/mol. The summed E-state index contributed by atoms with van der Waals surface area (Å²) in [6, 6.07) is 16.4. The fourth-order valence-electron chi connectivity index (χ4n) is 3.84. The minimum absolute atomic E-state index is 0.511. The summed E-state index contributed by atoms with van der Waals surface area (Å²) in [7, 11) is 2.03. The molecule has 4 rings (SSSR count). The number of unbranched alkanes of at least 4 members (excludes halogenated alkanes) is 2. The molecular weight excluding hydrogens is 360 g/mol. The van der Waals surface area contributed by atoms with Crippen molar-refractivity contribution < 1.29 is 13.7 Å². The van der Waals surface area contributed by atoms with Crippen molar-refractivity contribution in [1.29, 1.82) is 5.26 Å². The molecule has 0 saturated heterocycles. The molecule has 146 valence electrons. The Morgan fingerprint density at radius 3 is 2.59 bits per heavy atom. The summed E-state index contributed by atoms with van der Waals surface area (Å²) in [5.74, 6) is 0.554. The number of nitrogens with zero attached hydrogens (tertiary/aromatic N) is 2. The Labute approximate surface area is 171 Å². The number of rotatable bonds is 6. The summed E-state index contributed by atoms with van der Waals surface area (Å²) in [4.78, 5) is 0. The number of furan rings is 1. The third-order valence-electron chi connectivity index (χ3n) is 5.40. The molecule has 0 radical (unpaired) electrons. The van der Waals surface area contributed by atoms with Crippen molar-refractivity contribution in [3.05, 3.63) is 59.8 Å². The highest BCUT2D eigenvalue weighted by Crippen LogP contribution is 2.41. The van der Waals surface area contributed by atoms with Crippen molar-refractivity contribution in [1.82, 2.24) is 0 Å². The maximum Gasteiger partial charge on any atom is 0.216 e. The first kappa shape index (κ1) is 19.0. The third kappa shape index (κ3) is 3.34. The van der Waals surface area contributed by atoms with Crippen LogP contribution in [0.25, 0.3) is 33.2 Å². The van der Waals surface area contributed by atoms with E-state index < -0.39 is 0 Å². The van der Waals surface area contributed by atoms with E-state index in [2.05, 4.69) is 42.7 Å². The molecule has 0 aliphatic carbocycles. The van der Waals surface area contributed by atoms with E-state index in [0.29, 0.717) is 23.5 Å². The third-order valence-corrected chi connectivity index (χ3v) is 5.40. The quantitative estimate of drug-likeness (QED) is 0.310. The van der Waals surface area contributed by atoms with Crippen molar-refractivity contribution in [2.75, 3.05) is 6.61 Å². The van der Waals surface area contributed by atoms with Gasteiger partial charge in [0.25, 0.3) is 0 Å². The van der Waals surface area contributed by atoms with Crippen LogP contribution in [0, 0.1) is 18.3 Å². The first-order valence-electron chi connectivity index (χ1n) is 10.1. The van der Waals surface area contributed by atoms with Crippen LogP contribution in [0.3, 0.4) is 0 Å². The number of pyridine rings is 1. The lowest BCUT2D eigenvalue weighted by atomic mass is 10.0. The molecule has 0 N–H and O–H groups in total. The molecule has 0 atom stereocenters. The number of aryl methyl sites for hydroxylation is 2. The first-order chi connectivity index (χ1) is 14.2. The highest BCUT2D eigenvalue weighted by molar-refractivity contribution is 6.11. The number of fused-ring (bicyclic) bond motifs is 3. The van der Waals surface area contributed by atoms with Crippen LogP contribution >= 0.6 is 0 Å². The lowest BCUT2D eigenvalue weighted by Crippen LogP contribution is -2.30. The smallest absolute Gasteiger partial charge is 0.216 e. The molecule has 4 heteroatoms. The fraction of sp³-hybridized carbons (Fsp3) is 0.280. The van der Waals surface area contributed by atoms with Gasteiger partial charge in [0.2, 0.25) is 5.69 Å². The number of aromatic nitrogens is 1. The Morgan fingerprint density at radius 2 is 1.83 bits per heavy atom. The zero-order valence-electron chi connectivity index (χ0n) is 17.2. The molecule has 0 aliphatic rings. The SMILES string of the molecule is CCCCCOc1c(C#N)ccc2c1oc1c(-c3cccc[n+]3C)c(C)ccc12. The minimum atomic E-state index is 0.511. The molecule has 0 aliphatic heterocycles. The van der Waals surface area contributed by atoms with Crippen molar-refractivity contribution in [2.24, 2.45) is 7.05 Å². The van der Waals surface area contributed by atoms with Gasteiger partial charge in [0.1, 0.15) is 18.7 Å². The van der Waals surface area contributed by atoms with Crippen LogP contribution in [0.1, 0.15) is 37.3 Å². The summed E-state index contributed by atoms with van der Waals surface area (Å²) < 4.78 is 14.6. The molecule has 29 heavy (non-hydrogen) atoms. The molecule has 0 saturated carbocycles. The predicted octanol–water partition coefficient (Wildman–Crippen LogP) is 5.83. The van der Waals surface area contributed by atoms with Crippen molar-refractivity contribution in [3.63, 3.8) is 0 Å². The Bertz CT molecular complexity index is 1230. The summed E-state index contributed by atoms with van der Waals surface area (Å²) in [6.07, 6.45) is 5.22. The van der Waals surface area contributed by atoms with Crippen LogP contribution in [0.5, 0.6) is 5.75 Å². The zero-order valence-corrected chi connectivity index (χ0v) is 17.2. The van der Waals surface area contributed by atoms with Gasteiger partial charge in [-0.2, -0.15) is 5.26 Å². The molecule has 4 nitrogen and oxygen atoms in total. The molecule has 0 bridgehead atoms. The van der Waals surface area contributed by atoms with Gasteiger partial charge < -0.3 is 9.15 Å². The summed E-state index contributed by atoms with van der Waals surface area (Å²) in [5.41, 5.74) is 5.29. The topological polar surface area (TPSA) is 50.0 Å². The molecule has 2 heterocycles. The average Bonchev–Trinajstić information content (AvgIpc) is 3.10. The number of nitriles is 1. The maximum atomic E-state index is 9.59. The van der Waals surface area contributed by atoms with E-state index in [4.69, 9.17) is 9.15 Å². The van der Waals surface area contributed by atoms with Crippen LogP contribution in [0.2, 0.25) is 0 Å². The van der Waals surface area contributed by atoms with Crippen molar-refractivity contribution in [3.8, 4) is 23.1 Å². The van der Waals surface area contributed by atoms with E-state index in [9.17, 15) is 5.26 Å². The van der Waals surface area contributed by atoms with E-state index >= 15 is 0 Å². The number of ether oxygens (including phenoxy) is 1. The highest BCUT2D eigenvalue weighted by Gasteiger charge is 2.22. The number of hydrogen-bond acceptors (Lipinski definition) is 3. The zero-order chi connectivity index (χ0) is 20.4. The van der Waals surface area contributed by atoms with Crippen LogP contribution in [0.4, 0.5) is 0 Å². The molecule has 0 spiro atoms. The average molecular weight is 385 g/mol. The Balaban J connectivity index is 1.96. The normalized spacial score (nSPS) is 11.1. The first-order valence-corrected chi connectivity index (χ1v) is 10.1. The van der Waals surface area contributed by atoms with Gasteiger partial charge in [-0.3, -0.25) is 0 Å². The van der Waals surface area contributed by atoms with Gasteiger partial charge in [0.15, 0.2) is 17.5 Å². The summed E-state index contributed by atoms with van der Waals surface area (Å²) in [5, 5.41) is 11.6. The Morgan fingerprint density at radius 1 is 1.03 bits per heavy atom. The Hall–Kier alpha value is -3.32. The minimum Gasteiger partial charge on any atom is -0.488 e. The lowest BCUT2D eigenvalue weighted by molar-refractivity contribution is -0.660. The molecule has 0 fully saturated rings.